The zero-order valence-corrected chi connectivity index (χ0v) is 12.0. The molecule has 1 aromatic rings. The molecule has 0 bridgehead atoms. The maximum absolute atomic E-state index is 5.92. The molecule has 3 N–H and O–H groups in total. The summed E-state index contributed by atoms with van der Waals surface area (Å²) < 4.78 is 5.65. The molecule has 0 radical (unpaired) electrons. The summed E-state index contributed by atoms with van der Waals surface area (Å²) in [5.41, 5.74) is 7.76. The molecule has 1 saturated carbocycles. The van der Waals surface area contributed by atoms with Gasteiger partial charge in [0.1, 0.15) is 5.75 Å². The normalized spacial score (nSPS) is 16.3. The molecule has 3 nitrogen and oxygen atoms in total. The largest absolute Gasteiger partial charge is 0.493 e. The molecule has 106 valence electrons. The fourth-order valence-electron chi connectivity index (χ4n) is 2.68. The monoisotopic (exact) mass is 262 g/mol. The maximum atomic E-state index is 5.92. The molecule has 1 aliphatic carbocycles. The van der Waals surface area contributed by atoms with Gasteiger partial charge >= 0.3 is 0 Å². The van der Waals surface area contributed by atoms with E-state index in [2.05, 4.69) is 18.3 Å². The lowest BCUT2D eigenvalue weighted by atomic mass is 9.89. The molecule has 0 aromatic heterocycles. The topological polar surface area (TPSA) is 47.3 Å². The van der Waals surface area contributed by atoms with Crippen molar-refractivity contribution < 1.29 is 4.74 Å². The van der Waals surface area contributed by atoms with Crippen molar-refractivity contribution in [1.29, 1.82) is 0 Å². The van der Waals surface area contributed by atoms with E-state index in [1.807, 2.05) is 12.1 Å². The van der Waals surface area contributed by atoms with Crippen LogP contribution in [-0.4, -0.2) is 13.2 Å². The van der Waals surface area contributed by atoms with Gasteiger partial charge in [0.15, 0.2) is 0 Å². The van der Waals surface area contributed by atoms with Crippen LogP contribution in [-0.2, 0) is 0 Å². The molecule has 0 saturated heterocycles. The number of nitrogens with two attached hydrogens (primary N) is 1. The predicted molar refractivity (Wildman–Crippen MR) is 81.7 cm³/mol. The number of benzene rings is 1. The first-order valence-electron chi connectivity index (χ1n) is 7.55. The highest BCUT2D eigenvalue weighted by molar-refractivity contribution is 5.59. The molecule has 0 heterocycles. The zero-order valence-electron chi connectivity index (χ0n) is 12.0. The Morgan fingerprint density at radius 3 is 2.74 bits per heavy atom. The second-order valence-electron chi connectivity index (χ2n) is 5.52. The first-order valence-corrected chi connectivity index (χ1v) is 7.55. The van der Waals surface area contributed by atoms with Crippen LogP contribution in [0.1, 0.15) is 45.4 Å². The third-order valence-corrected chi connectivity index (χ3v) is 3.72. The van der Waals surface area contributed by atoms with E-state index < -0.39 is 0 Å². The number of rotatable bonds is 6. The lowest BCUT2D eigenvalue weighted by molar-refractivity contribution is 0.317. The summed E-state index contributed by atoms with van der Waals surface area (Å²) in [5, 5.41) is 3.51. The number of anilines is 2. The van der Waals surface area contributed by atoms with Crippen molar-refractivity contribution in [3.8, 4) is 5.75 Å². The minimum atomic E-state index is 0.742. The van der Waals surface area contributed by atoms with Gasteiger partial charge in [0.2, 0.25) is 0 Å². The van der Waals surface area contributed by atoms with Gasteiger partial charge in [-0.25, -0.2) is 0 Å². The Labute approximate surface area is 116 Å². The molecule has 2 rings (SSSR count). The number of nitrogens with one attached hydrogen (secondary N) is 1. The molecule has 0 unspecified atom stereocenters. The van der Waals surface area contributed by atoms with Gasteiger partial charge in [-0.05, 0) is 31.2 Å². The molecule has 1 aromatic carbocycles. The molecular formula is C16H26N2O. The number of ether oxygens (including phenoxy) is 1. The maximum Gasteiger partial charge on any atom is 0.123 e. The summed E-state index contributed by atoms with van der Waals surface area (Å²) in [5.74, 6) is 1.68. The molecule has 0 atom stereocenters. The molecule has 1 fully saturated rings. The average Bonchev–Trinajstić information content (AvgIpc) is 2.43. The summed E-state index contributed by atoms with van der Waals surface area (Å²) in [4.78, 5) is 0. The Hall–Kier alpha value is -1.38. The van der Waals surface area contributed by atoms with Gasteiger partial charge < -0.3 is 15.8 Å². The van der Waals surface area contributed by atoms with Crippen molar-refractivity contribution in [2.45, 2.75) is 45.4 Å². The van der Waals surface area contributed by atoms with Crippen LogP contribution in [0.15, 0.2) is 18.2 Å². The Kier molecular flexibility index (Phi) is 5.37. The molecular weight excluding hydrogens is 236 g/mol. The smallest absolute Gasteiger partial charge is 0.123 e. The second-order valence-corrected chi connectivity index (χ2v) is 5.52. The summed E-state index contributed by atoms with van der Waals surface area (Å²) in [7, 11) is 0. The van der Waals surface area contributed by atoms with Crippen LogP contribution in [0, 0.1) is 5.92 Å². The van der Waals surface area contributed by atoms with Crippen LogP contribution < -0.4 is 15.8 Å². The van der Waals surface area contributed by atoms with Gasteiger partial charge in [0.05, 0.1) is 6.61 Å². The van der Waals surface area contributed by atoms with Crippen LogP contribution >= 0.6 is 0 Å². The van der Waals surface area contributed by atoms with Crippen molar-refractivity contribution in [1.82, 2.24) is 0 Å². The minimum absolute atomic E-state index is 0.742. The van der Waals surface area contributed by atoms with Gasteiger partial charge in [-0.1, -0.05) is 26.2 Å². The third-order valence-electron chi connectivity index (χ3n) is 3.72. The van der Waals surface area contributed by atoms with Crippen LogP contribution in [0.3, 0.4) is 0 Å². The van der Waals surface area contributed by atoms with Crippen LogP contribution in [0.25, 0.3) is 0 Å². The first-order chi connectivity index (χ1) is 9.28. The van der Waals surface area contributed by atoms with Gasteiger partial charge in [0.25, 0.3) is 0 Å². The van der Waals surface area contributed by atoms with Crippen molar-refractivity contribution in [2.24, 2.45) is 5.92 Å². The van der Waals surface area contributed by atoms with Gasteiger partial charge in [-0.2, -0.15) is 0 Å². The van der Waals surface area contributed by atoms with Crippen molar-refractivity contribution in [3.05, 3.63) is 18.2 Å². The highest BCUT2D eigenvalue weighted by Gasteiger charge is 2.13. The van der Waals surface area contributed by atoms with E-state index in [9.17, 15) is 0 Å². The Morgan fingerprint density at radius 1 is 1.21 bits per heavy atom. The quantitative estimate of drug-likeness (QED) is 0.760. The lowest BCUT2D eigenvalue weighted by Crippen LogP contribution is -2.17. The van der Waals surface area contributed by atoms with Gasteiger partial charge in [0, 0.05) is 30.1 Å². The minimum Gasteiger partial charge on any atom is -0.493 e. The van der Waals surface area contributed by atoms with Gasteiger partial charge in [-0.3, -0.25) is 0 Å². The second kappa shape index (κ2) is 7.27. The average molecular weight is 262 g/mol. The van der Waals surface area contributed by atoms with Crippen molar-refractivity contribution in [3.63, 3.8) is 0 Å². The molecule has 1 aliphatic rings. The molecule has 0 amide bonds. The summed E-state index contributed by atoms with van der Waals surface area (Å²) in [6.45, 7) is 3.90. The summed E-state index contributed by atoms with van der Waals surface area (Å²) >= 11 is 0. The van der Waals surface area contributed by atoms with E-state index >= 15 is 0 Å². The SMILES string of the molecule is CCCOc1cc(N)cc(NCC2CCCCC2)c1. The fraction of sp³-hybridized carbons (Fsp3) is 0.625. The molecule has 3 heteroatoms. The Bertz CT molecular complexity index is 386. The summed E-state index contributed by atoms with van der Waals surface area (Å²) in [6, 6.07) is 5.93. The predicted octanol–water partition coefficient (Wildman–Crippen LogP) is 4.05. The lowest BCUT2D eigenvalue weighted by Gasteiger charge is -2.22. The van der Waals surface area contributed by atoms with E-state index in [0.717, 1.165) is 42.6 Å². The Morgan fingerprint density at radius 2 is 2.00 bits per heavy atom. The van der Waals surface area contributed by atoms with E-state index in [1.165, 1.54) is 32.1 Å². The fourth-order valence-corrected chi connectivity index (χ4v) is 2.68. The van der Waals surface area contributed by atoms with E-state index in [4.69, 9.17) is 10.5 Å². The standard InChI is InChI=1S/C16H26N2O/c1-2-8-19-16-10-14(17)9-15(11-16)18-12-13-6-4-3-5-7-13/h9-11,13,18H,2-8,12,17H2,1H3. The van der Waals surface area contributed by atoms with E-state index in [0.29, 0.717) is 0 Å². The Balaban J connectivity index is 1.89. The molecule has 19 heavy (non-hydrogen) atoms. The number of hydrogen-bond acceptors (Lipinski definition) is 3. The highest BCUT2D eigenvalue weighted by Crippen LogP contribution is 2.26. The molecule has 0 aliphatic heterocycles. The number of nitrogen functional groups attached to an aromatic ring is 1. The van der Waals surface area contributed by atoms with E-state index in [-0.39, 0.29) is 0 Å². The van der Waals surface area contributed by atoms with Crippen molar-refractivity contribution >= 4 is 11.4 Å². The zero-order chi connectivity index (χ0) is 13.5. The van der Waals surface area contributed by atoms with E-state index in [1.54, 1.807) is 0 Å². The van der Waals surface area contributed by atoms with Crippen molar-refractivity contribution in [2.75, 3.05) is 24.2 Å². The summed E-state index contributed by atoms with van der Waals surface area (Å²) in [6.07, 6.45) is 7.90. The van der Waals surface area contributed by atoms with Crippen LogP contribution in [0.4, 0.5) is 11.4 Å². The van der Waals surface area contributed by atoms with Crippen LogP contribution in [0.2, 0.25) is 0 Å². The number of hydrogen-bond donors (Lipinski definition) is 2. The highest BCUT2D eigenvalue weighted by atomic mass is 16.5. The van der Waals surface area contributed by atoms with Gasteiger partial charge in [-0.15, -0.1) is 0 Å². The first kappa shape index (κ1) is 14.0. The van der Waals surface area contributed by atoms with Crippen LogP contribution in [0.5, 0.6) is 5.75 Å². The third kappa shape index (κ3) is 4.66. The molecule has 0 spiro atoms.